The zero-order valence-electron chi connectivity index (χ0n) is 10.4. The van der Waals surface area contributed by atoms with E-state index < -0.39 is 5.69 Å². The molecule has 0 spiro atoms. The van der Waals surface area contributed by atoms with Gasteiger partial charge in [-0.2, -0.15) is 4.68 Å². The largest absolute Gasteiger partial charge is 0.347 e. The molecule has 0 aliphatic heterocycles. The first kappa shape index (κ1) is 13.5. The Morgan fingerprint density at radius 2 is 1.88 bits per heavy atom. The monoisotopic (exact) mass is 239 g/mol. The van der Waals surface area contributed by atoms with Gasteiger partial charge in [-0.15, -0.1) is 0 Å². The molecule has 0 saturated heterocycles. The fraction of sp³-hybridized carbons (Fsp3) is 0.667. The van der Waals surface area contributed by atoms with Gasteiger partial charge in [-0.05, 0) is 6.42 Å². The average molecular weight is 239 g/mol. The van der Waals surface area contributed by atoms with Crippen LogP contribution in [0.5, 0.6) is 0 Å². The van der Waals surface area contributed by atoms with Gasteiger partial charge in [-0.3, -0.25) is 4.79 Å². The molecule has 0 fully saturated rings. The third-order valence-electron chi connectivity index (χ3n) is 2.66. The lowest BCUT2D eigenvalue weighted by atomic mass is 10.1. The predicted octanol–water partition coefficient (Wildman–Crippen LogP) is 1.44. The molecule has 0 aliphatic rings. The highest BCUT2D eigenvalue weighted by molar-refractivity contribution is 4.85. The molecule has 0 aliphatic carbocycles. The van der Waals surface area contributed by atoms with Crippen LogP contribution in [0, 0.1) is 0 Å². The molecule has 2 N–H and O–H groups in total. The highest BCUT2D eigenvalue weighted by Gasteiger charge is 1.97. The Morgan fingerprint density at radius 3 is 2.59 bits per heavy atom. The van der Waals surface area contributed by atoms with Crippen molar-refractivity contribution in [2.24, 2.45) is 0 Å². The number of nitrogens with zero attached hydrogens (tertiary/aromatic N) is 1. The molecule has 17 heavy (non-hydrogen) atoms. The summed E-state index contributed by atoms with van der Waals surface area (Å²) in [5, 5.41) is 0. The van der Waals surface area contributed by atoms with Crippen LogP contribution in [0.1, 0.15) is 45.4 Å². The molecule has 1 rings (SSSR count). The van der Waals surface area contributed by atoms with E-state index in [2.05, 4.69) is 17.3 Å². The second kappa shape index (κ2) is 7.70. The summed E-state index contributed by atoms with van der Waals surface area (Å²) in [6.45, 7) is 2.84. The highest BCUT2D eigenvalue weighted by atomic mass is 16.2. The van der Waals surface area contributed by atoms with Gasteiger partial charge in [0, 0.05) is 18.8 Å². The molecule has 1 aromatic rings. The second-order valence-corrected chi connectivity index (χ2v) is 4.13. The number of nitrogens with one attached hydrogen (secondary N) is 2. The van der Waals surface area contributed by atoms with E-state index in [-0.39, 0.29) is 5.56 Å². The number of rotatable bonds is 8. The predicted molar refractivity (Wildman–Crippen MR) is 68.9 cm³/mol. The van der Waals surface area contributed by atoms with Gasteiger partial charge in [0.1, 0.15) is 0 Å². The molecule has 0 bridgehead atoms. The van der Waals surface area contributed by atoms with E-state index in [0.717, 1.165) is 17.5 Å². The second-order valence-electron chi connectivity index (χ2n) is 4.13. The van der Waals surface area contributed by atoms with Crippen molar-refractivity contribution < 1.29 is 0 Å². The summed E-state index contributed by atoms with van der Waals surface area (Å²) in [6.07, 6.45) is 8.47. The van der Waals surface area contributed by atoms with Gasteiger partial charge >= 0.3 is 5.69 Å². The van der Waals surface area contributed by atoms with Crippen LogP contribution in [-0.4, -0.2) is 16.2 Å². The molecule has 1 aromatic heterocycles. The van der Waals surface area contributed by atoms with Gasteiger partial charge in [0.25, 0.3) is 5.56 Å². The minimum absolute atomic E-state index is 0.320. The van der Waals surface area contributed by atoms with E-state index in [1.54, 1.807) is 0 Å². The van der Waals surface area contributed by atoms with Crippen LogP contribution in [0.25, 0.3) is 0 Å². The molecule has 0 atom stereocenters. The Kier molecular flexibility index (Phi) is 6.14. The van der Waals surface area contributed by atoms with Crippen molar-refractivity contribution in [2.75, 3.05) is 12.0 Å². The van der Waals surface area contributed by atoms with Crippen LogP contribution < -0.4 is 16.7 Å². The minimum Gasteiger partial charge on any atom is -0.319 e. The van der Waals surface area contributed by atoms with Crippen LogP contribution in [0.3, 0.4) is 0 Å². The van der Waals surface area contributed by atoms with Gasteiger partial charge < -0.3 is 10.4 Å². The first-order valence-electron chi connectivity index (χ1n) is 6.30. The third-order valence-corrected chi connectivity index (χ3v) is 2.66. The number of hydrogen-bond acceptors (Lipinski definition) is 3. The number of H-pyrrole nitrogens is 1. The lowest BCUT2D eigenvalue weighted by Gasteiger charge is -2.06. The summed E-state index contributed by atoms with van der Waals surface area (Å²) in [4.78, 5) is 25.1. The zero-order valence-corrected chi connectivity index (χ0v) is 10.4. The standard InChI is InChI=1S/C12H21N3O2/c1-2-3-4-5-6-7-9-14-15-11(16)8-10-13-12(15)17/h8,10,14H,2-7,9H2,1H3,(H,13,17). The van der Waals surface area contributed by atoms with Crippen molar-refractivity contribution >= 4 is 0 Å². The molecule has 5 heteroatoms. The van der Waals surface area contributed by atoms with Gasteiger partial charge in [0.05, 0.1) is 0 Å². The fourth-order valence-corrected chi connectivity index (χ4v) is 1.67. The van der Waals surface area contributed by atoms with Crippen LogP contribution in [0.15, 0.2) is 21.9 Å². The quantitative estimate of drug-likeness (QED) is 0.675. The van der Waals surface area contributed by atoms with Gasteiger partial charge in [0.2, 0.25) is 0 Å². The summed E-state index contributed by atoms with van der Waals surface area (Å²) >= 11 is 0. The van der Waals surface area contributed by atoms with Crippen molar-refractivity contribution in [1.82, 2.24) is 9.66 Å². The maximum Gasteiger partial charge on any atom is 0.347 e. The normalized spacial score (nSPS) is 10.4. The molecular weight excluding hydrogens is 218 g/mol. The van der Waals surface area contributed by atoms with E-state index in [4.69, 9.17) is 0 Å². The number of aromatic amines is 1. The zero-order chi connectivity index (χ0) is 12.5. The summed E-state index contributed by atoms with van der Waals surface area (Å²) in [6, 6.07) is 1.33. The molecule has 0 aromatic carbocycles. The first-order chi connectivity index (χ1) is 8.25. The summed E-state index contributed by atoms with van der Waals surface area (Å²) in [5.74, 6) is 0. The van der Waals surface area contributed by atoms with Crippen molar-refractivity contribution in [3.05, 3.63) is 33.1 Å². The minimum atomic E-state index is -0.413. The Hall–Kier alpha value is -1.52. The van der Waals surface area contributed by atoms with E-state index in [1.165, 1.54) is 37.9 Å². The van der Waals surface area contributed by atoms with Gasteiger partial charge in [0.15, 0.2) is 0 Å². The number of hydrogen-bond donors (Lipinski definition) is 2. The first-order valence-corrected chi connectivity index (χ1v) is 6.30. The molecule has 0 unspecified atom stereocenters. The smallest absolute Gasteiger partial charge is 0.319 e. The number of unbranched alkanes of at least 4 members (excludes halogenated alkanes) is 5. The van der Waals surface area contributed by atoms with Gasteiger partial charge in [-0.1, -0.05) is 39.0 Å². The summed E-state index contributed by atoms with van der Waals surface area (Å²) < 4.78 is 1.02. The lowest BCUT2D eigenvalue weighted by molar-refractivity contribution is 0.602. The van der Waals surface area contributed by atoms with E-state index in [9.17, 15) is 9.59 Å². The highest BCUT2D eigenvalue weighted by Crippen LogP contribution is 2.03. The maximum atomic E-state index is 11.3. The van der Waals surface area contributed by atoms with Crippen LogP contribution >= 0.6 is 0 Å². The van der Waals surface area contributed by atoms with E-state index in [1.807, 2.05) is 0 Å². The summed E-state index contributed by atoms with van der Waals surface area (Å²) in [5.41, 5.74) is 2.10. The van der Waals surface area contributed by atoms with E-state index >= 15 is 0 Å². The van der Waals surface area contributed by atoms with Crippen LogP contribution in [0.2, 0.25) is 0 Å². The molecule has 0 amide bonds. The molecule has 1 heterocycles. The van der Waals surface area contributed by atoms with Crippen molar-refractivity contribution in [2.45, 2.75) is 45.4 Å². The topological polar surface area (TPSA) is 66.9 Å². The van der Waals surface area contributed by atoms with Crippen molar-refractivity contribution in [3.63, 3.8) is 0 Å². The number of aromatic nitrogens is 2. The van der Waals surface area contributed by atoms with E-state index in [0.29, 0.717) is 6.54 Å². The summed E-state index contributed by atoms with van der Waals surface area (Å²) in [7, 11) is 0. The molecule has 0 radical (unpaired) electrons. The Morgan fingerprint density at radius 1 is 1.18 bits per heavy atom. The maximum absolute atomic E-state index is 11.3. The van der Waals surface area contributed by atoms with Gasteiger partial charge in [-0.25, -0.2) is 4.79 Å². The van der Waals surface area contributed by atoms with Crippen LogP contribution in [0.4, 0.5) is 0 Å². The SMILES string of the molecule is CCCCCCCCNn1c(=O)cc[nH]c1=O. The van der Waals surface area contributed by atoms with Crippen molar-refractivity contribution in [3.8, 4) is 0 Å². The average Bonchev–Trinajstić information content (AvgIpc) is 2.31. The Bertz CT molecular complexity index is 394. The third kappa shape index (κ3) is 4.89. The molecule has 96 valence electrons. The Labute approximate surface area is 101 Å². The van der Waals surface area contributed by atoms with Crippen LogP contribution in [-0.2, 0) is 0 Å². The fourth-order valence-electron chi connectivity index (χ4n) is 1.67. The molecular formula is C12H21N3O2. The Balaban J connectivity index is 2.23. The van der Waals surface area contributed by atoms with Crippen molar-refractivity contribution in [1.29, 1.82) is 0 Å². The lowest BCUT2D eigenvalue weighted by Crippen LogP contribution is -2.40. The molecule has 5 nitrogen and oxygen atoms in total. The molecule has 0 saturated carbocycles.